The zero-order valence-electron chi connectivity index (χ0n) is 54.0. The molecule has 22 heteroatoms. The van der Waals surface area contributed by atoms with Crippen molar-refractivity contribution in [3.8, 4) is 12.0 Å². The van der Waals surface area contributed by atoms with E-state index >= 15 is 0 Å². The van der Waals surface area contributed by atoms with Gasteiger partial charge in [-0.1, -0.05) is 36.4 Å². The minimum Gasteiger partial charge on any atom is -0.478 e. The lowest BCUT2D eigenvalue weighted by atomic mass is 9.96. The van der Waals surface area contributed by atoms with Crippen molar-refractivity contribution in [3.05, 3.63) is 128 Å². The van der Waals surface area contributed by atoms with Gasteiger partial charge in [0.1, 0.15) is 43.2 Å². The van der Waals surface area contributed by atoms with Crippen LogP contribution in [0.2, 0.25) is 0 Å². The first-order valence-corrected chi connectivity index (χ1v) is 31.4. The number of benzene rings is 2. The molecule has 1 N–H and O–H groups in total. The van der Waals surface area contributed by atoms with Crippen LogP contribution in [0.25, 0.3) is 9.69 Å². The molecule has 0 radical (unpaired) electrons. The first-order chi connectivity index (χ1) is 42.7. The number of likely N-dealkylation sites (N-methyl/N-ethyl adjacent to an activating group) is 4. The van der Waals surface area contributed by atoms with Crippen LogP contribution >= 0.6 is 0 Å². The number of carbonyl (C=O) groups is 2. The number of aliphatic carboxylic acids is 1. The predicted octanol–water partition coefficient (Wildman–Crippen LogP) is 7.53. The summed E-state index contributed by atoms with van der Waals surface area (Å²) in [5.41, 5.74) is 11.8. The molecule has 4 aromatic rings. The van der Waals surface area contributed by atoms with Crippen molar-refractivity contribution >= 4 is 34.9 Å². The lowest BCUT2D eigenvalue weighted by Gasteiger charge is -2.41. The highest BCUT2D eigenvalue weighted by molar-refractivity contribution is 5.88. The number of nitrogens with zero attached hydrogens (tertiary/aromatic N) is 15. The van der Waals surface area contributed by atoms with Gasteiger partial charge in [-0.3, -0.25) is 14.6 Å². The fourth-order valence-corrected chi connectivity index (χ4v) is 12.7. The number of carbonyl (C=O) groups excluding carboxylic acids is 1. The monoisotopic (exact) mass is 1230 g/mol. The van der Waals surface area contributed by atoms with E-state index in [9.17, 15) is 18.4 Å². The number of piperidine rings is 1. The van der Waals surface area contributed by atoms with E-state index in [1.807, 2.05) is 72.9 Å². The van der Waals surface area contributed by atoms with Crippen molar-refractivity contribution < 1.29 is 33.0 Å². The molecule has 6 atom stereocenters. The second kappa shape index (κ2) is 31.8. The number of aromatic nitrogens is 4. The van der Waals surface area contributed by atoms with Crippen molar-refractivity contribution in [2.24, 2.45) is 5.92 Å². The lowest BCUT2D eigenvalue weighted by molar-refractivity contribution is -0.131. The van der Waals surface area contributed by atoms with E-state index in [1.54, 1.807) is 12.2 Å². The Hall–Kier alpha value is -7.50. The van der Waals surface area contributed by atoms with Gasteiger partial charge < -0.3 is 58.6 Å². The molecule has 6 aliphatic heterocycles. The fraction of sp³-hybridized carbons (Fsp3) is 0.582. The normalized spacial score (nSPS) is 22.1. The molecule has 0 aliphatic carbocycles. The van der Waals surface area contributed by atoms with Gasteiger partial charge in [0.2, 0.25) is 19.0 Å². The van der Waals surface area contributed by atoms with Crippen LogP contribution < -0.4 is 29.1 Å². The Morgan fingerprint density at radius 1 is 0.640 bits per heavy atom. The number of alkyl halides is 2. The summed E-state index contributed by atoms with van der Waals surface area (Å²) in [4.78, 5) is 69.0. The predicted molar refractivity (Wildman–Crippen MR) is 347 cm³/mol. The van der Waals surface area contributed by atoms with Gasteiger partial charge in [0.05, 0.1) is 24.5 Å². The highest BCUT2D eigenvalue weighted by Crippen LogP contribution is 2.37. The Kier molecular flexibility index (Phi) is 24.1. The Morgan fingerprint density at radius 2 is 1.13 bits per heavy atom. The van der Waals surface area contributed by atoms with Crippen molar-refractivity contribution in [2.45, 2.75) is 110 Å². The Bertz CT molecular complexity index is 3210. The largest absolute Gasteiger partial charge is 0.478 e. The number of aryl methyl sites for hydroxylation is 2. The number of hydrogen-bond acceptors (Lipinski definition) is 16. The molecule has 0 saturated carbocycles. The Labute approximate surface area is 526 Å². The number of ether oxygens (including phenoxy) is 2. The molecule has 4 fully saturated rings. The third kappa shape index (κ3) is 18.1. The molecule has 10 rings (SSSR count). The number of carboxylic acid groups (broad SMARTS) is 1. The Morgan fingerprint density at radius 3 is 1.60 bits per heavy atom. The van der Waals surface area contributed by atoms with Crippen molar-refractivity contribution in [2.75, 3.05) is 160 Å². The third-order valence-corrected chi connectivity index (χ3v) is 18.0. The van der Waals surface area contributed by atoms with Gasteiger partial charge >= 0.3 is 18.0 Å². The van der Waals surface area contributed by atoms with Crippen LogP contribution in [0, 0.1) is 46.8 Å². The van der Waals surface area contributed by atoms with E-state index < -0.39 is 18.3 Å². The number of hydrogen-bond donors (Lipinski definition) is 1. The van der Waals surface area contributed by atoms with Gasteiger partial charge in [-0.25, -0.2) is 26.7 Å². The van der Waals surface area contributed by atoms with E-state index in [1.165, 1.54) is 39.2 Å². The van der Waals surface area contributed by atoms with Gasteiger partial charge in [-0.05, 0) is 143 Å². The highest BCUT2D eigenvalue weighted by atomic mass is 19.1. The lowest BCUT2D eigenvalue weighted by Crippen LogP contribution is -2.56. The van der Waals surface area contributed by atoms with Crippen LogP contribution in [0.3, 0.4) is 0 Å². The summed E-state index contributed by atoms with van der Waals surface area (Å²) in [5, 5.41) is 8.12. The van der Waals surface area contributed by atoms with Crippen molar-refractivity contribution in [1.82, 2.24) is 44.4 Å². The number of piperazine rings is 1. The number of amides is 1. The van der Waals surface area contributed by atoms with Gasteiger partial charge in [0.25, 0.3) is 0 Å². The zero-order valence-corrected chi connectivity index (χ0v) is 54.0. The quantitative estimate of drug-likeness (QED) is 0.0768. The van der Waals surface area contributed by atoms with Gasteiger partial charge in [0.15, 0.2) is 0 Å². The Balaban J connectivity index is 0.000000205. The molecule has 0 unspecified atom stereocenters. The molecular weight excluding hydrogens is 1130 g/mol. The molecule has 2 aromatic carbocycles. The van der Waals surface area contributed by atoms with Gasteiger partial charge in [-0.15, -0.1) is 0 Å². The molecule has 6 aliphatic rings. The second-order valence-corrected chi connectivity index (χ2v) is 25.2. The average Bonchev–Trinajstić information content (AvgIpc) is 1.80. The fourth-order valence-electron chi connectivity index (χ4n) is 12.7. The smallest absolute Gasteiger partial charge is 0.328 e. The van der Waals surface area contributed by atoms with Crippen LogP contribution in [-0.2, 0) is 35.5 Å². The minimum atomic E-state index is -0.892. The molecule has 0 spiro atoms. The number of rotatable bonds is 18. The molecule has 2 aromatic heterocycles. The van der Waals surface area contributed by atoms with Crippen LogP contribution in [0.4, 0.5) is 31.8 Å². The molecule has 0 bridgehead atoms. The third-order valence-electron chi connectivity index (χ3n) is 18.0. The second-order valence-electron chi connectivity index (χ2n) is 25.2. The van der Waals surface area contributed by atoms with E-state index in [-0.39, 0.29) is 30.6 Å². The van der Waals surface area contributed by atoms with Crippen LogP contribution in [0.5, 0.6) is 12.0 Å². The summed E-state index contributed by atoms with van der Waals surface area (Å²) in [7, 11) is 11.5. The molecule has 8 heterocycles. The molecule has 89 heavy (non-hydrogen) atoms. The first kappa shape index (κ1) is 67.4. The van der Waals surface area contributed by atoms with Crippen LogP contribution in [-0.4, -0.2) is 232 Å². The first-order valence-electron chi connectivity index (χ1n) is 31.4. The average molecular weight is 1230 g/mol. The number of anilines is 4. The number of carboxylic acids is 1. The van der Waals surface area contributed by atoms with E-state index in [4.69, 9.17) is 47.7 Å². The van der Waals surface area contributed by atoms with Crippen LogP contribution in [0.1, 0.15) is 70.5 Å². The number of likely N-dealkylation sites (tertiary alicyclic amines) is 2. The number of halogens is 2. The van der Waals surface area contributed by atoms with E-state index in [0.29, 0.717) is 109 Å². The van der Waals surface area contributed by atoms with Gasteiger partial charge in [-0.2, -0.15) is 19.9 Å². The van der Waals surface area contributed by atoms with E-state index in [0.717, 1.165) is 86.5 Å². The minimum absolute atomic E-state index is 0.0299. The molecule has 4 saturated heterocycles. The van der Waals surface area contributed by atoms with E-state index in [2.05, 4.69) is 93.4 Å². The topological polar surface area (TPSA) is 162 Å². The summed E-state index contributed by atoms with van der Waals surface area (Å²) in [6.45, 7) is 33.7. The maximum atomic E-state index is 14.0. The molecule has 480 valence electrons. The summed E-state index contributed by atoms with van der Waals surface area (Å²) in [5.74, 6) is 1.20. The summed E-state index contributed by atoms with van der Waals surface area (Å²) in [6, 6.07) is 13.3. The molecule has 20 nitrogen and oxygen atoms in total. The molecular formula is C67H93F2N15O5. The maximum Gasteiger partial charge on any atom is 0.328 e. The maximum absolute atomic E-state index is 14.0. The summed E-state index contributed by atoms with van der Waals surface area (Å²) >= 11 is 0. The van der Waals surface area contributed by atoms with Gasteiger partial charge in [0, 0.05) is 125 Å². The number of fused-ring (bicyclic) bond motifs is 2. The summed E-state index contributed by atoms with van der Waals surface area (Å²) in [6.07, 6.45) is 9.29. The highest BCUT2D eigenvalue weighted by Gasteiger charge is 2.37. The SMILES string of the molecule is CN(C)C/C=C/C(=O)O.[C-]#[N+]C[C@@H]1CCCN(c2nc(OC[C@@H]3C[C@@H](F)CN3C)nc3c2CCN(c2cccc(C)c2C)C3)C1.[C-]#[N+]C[C@H]1CN(c2nc(OC[C@@H]3C[C@@H](F)CN3C)nc3c2CCN(c2cccc(C)c2C)C3)CCN1C(=O)/C=C/CN(C)C. The van der Waals surface area contributed by atoms with Crippen molar-refractivity contribution in [1.29, 1.82) is 0 Å². The van der Waals surface area contributed by atoms with Crippen LogP contribution in [0.15, 0.2) is 60.7 Å². The standard InChI is InChI=1S/C33H45FN8O2.C28H37FN6O.C6H11NO2/c1-23-9-7-10-30(24(23)2)40-14-12-28-29(21-40)36-33(44-22-26-17-25(34)19-39(26)6)37-32(28)41-15-16-42(27(20-41)18-35-3)31(43)11-8-13-38(4)5;1-19-7-5-9-26(20(19)2)34-12-10-24-25(17-34)31-28(36-18-23-13-22(29)16-33(23)4)32-27(24)35-11-6-8-21(15-35)14-30-3;1-7(2)5-3-4-6(8)9/h7-11,25-27H,12-22H2,1-2,4-6H3;5,7,9,21-23H,6,8,10-18H2,1-2,4H3;3-4H,5H2,1-2H3,(H,8,9)/b11-8+;;4-3+/t25-,26+,27+;21-,22+,23-;/m10./s1. The zero-order chi connectivity index (χ0) is 63.9. The van der Waals surface area contributed by atoms with Crippen molar-refractivity contribution in [3.63, 3.8) is 0 Å². The summed E-state index contributed by atoms with van der Waals surface area (Å²) < 4.78 is 40.3. The molecule has 1 amide bonds.